The Bertz CT molecular complexity index is 1140. The molecule has 126 valence electrons. The Morgan fingerprint density at radius 1 is 0.692 bits per heavy atom. The number of fused-ring (bicyclic) bond motifs is 2. The number of imidazole rings is 2. The molecule has 0 atom stereocenters. The van der Waals surface area contributed by atoms with Gasteiger partial charge in [-0.25, -0.2) is 19.1 Å². The van der Waals surface area contributed by atoms with Crippen LogP contribution in [0.3, 0.4) is 0 Å². The van der Waals surface area contributed by atoms with E-state index in [1.165, 1.54) is 0 Å². The lowest BCUT2D eigenvalue weighted by Crippen LogP contribution is -2.27. The van der Waals surface area contributed by atoms with E-state index in [2.05, 4.69) is 67.1 Å². The van der Waals surface area contributed by atoms with Crippen LogP contribution in [0, 0.1) is 0 Å². The van der Waals surface area contributed by atoms with Gasteiger partial charge in [-0.3, -0.25) is 0 Å². The number of benzene rings is 1. The zero-order chi connectivity index (χ0) is 17.7. The van der Waals surface area contributed by atoms with Crippen LogP contribution in [0.5, 0.6) is 0 Å². The van der Waals surface area contributed by atoms with Crippen molar-refractivity contribution in [2.45, 2.75) is 0 Å². The van der Waals surface area contributed by atoms with Crippen molar-refractivity contribution in [1.82, 2.24) is 19.1 Å². The van der Waals surface area contributed by atoms with Crippen LogP contribution in [0.4, 0.5) is 0 Å². The highest BCUT2D eigenvalue weighted by Gasteiger charge is 2.23. The summed E-state index contributed by atoms with van der Waals surface area (Å²) in [7, 11) is 4.12. The number of pyridine rings is 2. The van der Waals surface area contributed by atoms with Crippen molar-refractivity contribution in [3.05, 3.63) is 73.6 Å². The standard InChI is InChI=1S/C20H18N6/c1-23-13-25(19-7-3-5-9-21-19)17-12-18-16(11-15(17)23)24(2)14-26(18)20-8-4-6-10-22-20/h3-14H,1-2H3/q+2. The lowest BCUT2D eigenvalue weighted by Gasteiger charge is -1.97. The molecule has 0 radical (unpaired) electrons. The van der Waals surface area contributed by atoms with Gasteiger partial charge in [0.05, 0.1) is 14.1 Å². The molecular weight excluding hydrogens is 324 g/mol. The van der Waals surface area contributed by atoms with Gasteiger partial charge < -0.3 is 0 Å². The van der Waals surface area contributed by atoms with Gasteiger partial charge in [0.25, 0.3) is 12.7 Å². The minimum absolute atomic E-state index is 0.901. The van der Waals surface area contributed by atoms with E-state index >= 15 is 0 Å². The molecule has 4 aromatic heterocycles. The Morgan fingerprint density at radius 3 is 1.62 bits per heavy atom. The van der Waals surface area contributed by atoms with E-state index in [1.54, 1.807) is 0 Å². The summed E-state index contributed by atoms with van der Waals surface area (Å²) >= 11 is 0. The molecule has 0 N–H and O–H groups in total. The molecule has 5 rings (SSSR count). The first-order valence-electron chi connectivity index (χ1n) is 8.46. The second-order valence-electron chi connectivity index (χ2n) is 6.40. The highest BCUT2D eigenvalue weighted by molar-refractivity contribution is 5.89. The maximum atomic E-state index is 4.50. The molecule has 0 bridgehead atoms. The van der Waals surface area contributed by atoms with Crippen molar-refractivity contribution in [2.75, 3.05) is 0 Å². The molecule has 0 spiro atoms. The highest BCUT2D eigenvalue weighted by Crippen LogP contribution is 2.23. The predicted octanol–water partition coefficient (Wildman–Crippen LogP) is 2.01. The third-order valence-corrected chi connectivity index (χ3v) is 4.72. The lowest BCUT2D eigenvalue weighted by molar-refractivity contribution is -0.649. The van der Waals surface area contributed by atoms with Crippen LogP contribution in [-0.2, 0) is 14.1 Å². The summed E-state index contributed by atoms with van der Waals surface area (Å²) in [4.78, 5) is 9.01. The minimum atomic E-state index is 0.901. The Balaban J connectivity index is 1.85. The van der Waals surface area contributed by atoms with E-state index in [0.717, 1.165) is 33.7 Å². The molecule has 0 saturated heterocycles. The summed E-state index contributed by atoms with van der Waals surface area (Å²) in [6.07, 6.45) is 7.76. The quantitative estimate of drug-likeness (QED) is 0.461. The fourth-order valence-electron chi connectivity index (χ4n) is 3.46. The van der Waals surface area contributed by atoms with Gasteiger partial charge in [0.1, 0.15) is 0 Å². The van der Waals surface area contributed by atoms with Crippen LogP contribution in [0.25, 0.3) is 33.7 Å². The number of nitrogens with zero attached hydrogens (tertiary/aromatic N) is 6. The number of rotatable bonds is 2. The van der Waals surface area contributed by atoms with Gasteiger partial charge in [-0.15, -0.1) is 0 Å². The number of hydrogen-bond acceptors (Lipinski definition) is 2. The van der Waals surface area contributed by atoms with E-state index < -0.39 is 0 Å². The van der Waals surface area contributed by atoms with E-state index in [1.807, 2.05) is 48.8 Å². The third kappa shape index (κ3) is 2.12. The van der Waals surface area contributed by atoms with Gasteiger partial charge in [-0.05, 0) is 12.1 Å². The summed E-state index contributed by atoms with van der Waals surface area (Å²) in [5, 5.41) is 0. The first-order chi connectivity index (χ1) is 12.7. The molecule has 4 heterocycles. The summed E-state index contributed by atoms with van der Waals surface area (Å²) in [5.74, 6) is 1.80. The predicted molar refractivity (Wildman–Crippen MR) is 98.1 cm³/mol. The summed E-state index contributed by atoms with van der Waals surface area (Å²) < 4.78 is 8.48. The molecule has 0 aliphatic heterocycles. The van der Waals surface area contributed by atoms with Gasteiger partial charge in [0.15, 0.2) is 22.1 Å². The molecule has 26 heavy (non-hydrogen) atoms. The molecule has 0 aliphatic rings. The van der Waals surface area contributed by atoms with Crippen LogP contribution in [-0.4, -0.2) is 19.1 Å². The molecule has 0 amide bonds. The van der Waals surface area contributed by atoms with Crippen molar-refractivity contribution in [3.63, 3.8) is 0 Å². The summed E-state index contributed by atoms with van der Waals surface area (Å²) in [6, 6.07) is 16.3. The maximum absolute atomic E-state index is 4.50. The van der Waals surface area contributed by atoms with E-state index in [9.17, 15) is 0 Å². The second-order valence-corrected chi connectivity index (χ2v) is 6.40. The molecule has 0 fully saturated rings. The Hall–Kier alpha value is -3.54. The molecule has 6 heteroatoms. The molecule has 0 unspecified atom stereocenters. The van der Waals surface area contributed by atoms with Crippen LogP contribution < -0.4 is 9.13 Å². The van der Waals surface area contributed by atoms with Crippen molar-refractivity contribution in [2.24, 2.45) is 14.1 Å². The Labute approximate surface area is 150 Å². The van der Waals surface area contributed by atoms with Crippen LogP contribution in [0.15, 0.2) is 73.6 Å². The maximum Gasteiger partial charge on any atom is 0.251 e. The molecule has 5 aromatic rings. The zero-order valence-electron chi connectivity index (χ0n) is 14.6. The highest BCUT2D eigenvalue weighted by atomic mass is 15.2. The largest absolute Gasteiger partial charge is 0.251 e. The first-order valence-corrected chi connectivity index (χ1v) is 8.46. The fourth-order valence-corrected chi connectivity index (χ4v) is 3.46. The van der Waals surface area contributed by atoms with Gasteiger partial charge in [0, 0.05) is 36.7 Å². The molecular formula is C20H18N6+2. The average molecular weight is 342 g/mol. The molecule has 1 aromatic carbocycles. The van der Waals surface area contributed by atoms with E-state index in [0.29, 0.717) is 0 Å². The van der Waals surface area contributed by atoms with Gasteiger partial charge in [-0.1, -0.05) is 12.1 Å². The summed E-state index contributed by atoms with van der Waals surface area (Å²) in [6.45, 7) is 0. The Kier molecular flexibility index (Phi) is 3.12. The van der Waals surface area contributed by atoms with E-state index in [-0.39, 0.29) is 0 Å². The Morgan fingerprint density at radius 2 is 1.19 bits per heavy atom. The number of aromatic nitrogens is 6. The normalized spacial score (nSPS) is 11.5. The minimum Gasteiger partial charge on any atom is -0.232 e. The van der Waals surface area contributed by atoms with Crippen molar-refractivity contribution in [1.29, 1.82) is 0 Å². The van der Waals surface area contributed by atoms with Gasteiger partial charge in [0.2, 0.25) is 11.6 Å². The van der Waals surface area contributed by atoms with Crippen LogP contribution >= 0.6 is 0 Å². The second kappa shape index (κ2) is 5.49. The van der Waals surface area contributed by atoms with Gasteiger partial charge >= 0.3 is 0 Å². The van der Waals surface area contributed by atoms with Crippen LogP contribution in [0.2, 0.25) is 0 Å². The van der Waals surface area contributed by atoms with Crippen molar-refractivity contribution >= 4 is 22.1 Å². The van der Waals surface area contributed by atoms with Crippen molar-refractivity contribution in [3.8, 4) is 11.6 Å². The fraction of sp³-hybridized carbons (Fsp3) is 0.100. The smallest absolute Gasteiger partial charge is 0.232 e. The van der Waals surface area contributed by atoms with Crippen LogP contribution in [0.1, 0.15) is 0 Å². The zero-order valence-corrected chi connectivity index (χ0v) is 14.6. The van der Waals surface area contributed by atoms with Gasteiger partial charge in [-0.2, -0.15) is 9.13 Å². The molecule has 0 saturated carbocycles. The van der Waals surface area contributed by atoms with E-state index in [4.69, 9.17) is 0 Å². The monoisotopic (exact) mass is 342 g/mol. The SMILES string of the molecule is C[n+]1cn(-c2ccccn2)c2cc3c(cc21)[n+](C)cn3-c1ccccn1. The topological polar surface area (TPSA) is 43.4 Å². The molecule has 6 nitrogen and oxygen atoms in total. The lowest BCUT2D eigenvalue weighted by atomic mass is 10.2. The first kappa shape index (κ1) is 14.8. The third-order valence-electron chi connectivity index (χ3n) is 4.72. The average Bonchev–Trinajstić information content (AvgIpc) is 3.19. The number of aryl methyl sites for hydroxylation is 2. The number of hydrogen-bond donors (Lipinski definition) is 0. The van der Waals surface area contributed by atoms with Crippen molar-refractivity contribution < 1.29 is 9.13 Å². The molecule has 0 aliphatic carbocycles. The summed E-state index contributed by atoms with van der Waals surface area (Å²) in [5.41, 5.74) is 4.51.